The largest absolute Gasteiger partial charge is 0.481 e. The lowest BCUT2D eigenvalue weighted by Gasteiger charge is -2.24. The van der Waals surface area contributed by atoms with Crippen LogP contribution in [-0.2, 0) is 20.8 Å². The van der Waals surface area contributed by atoms with Crippen molar-refractivity contribution in [2.45, 2.75) is 57.4 Å². The second kappa shape index (κ2) is 10.7. The third-order valence-corrected chi connectivity index (χ3v) is 5.74. The summed E-state index contributed by atoms with van der Waals surface area (Å²) in [5.74, 6) is -1.85. The van der Waals surface area contributed by atoms with Crippen molar-refractivity contribution < 1.29 is 19.5 Å². The van der Waals surface area contributed by atoms with Gasteiger partial charge in [-0.25, -0.2) is 0 Å². The van der Waals surface area contributed by atoms with Crippen LogP contribution in [0.3, 0.4) is 0 Å². The molecule has 0 saturated heterocycles. The van der Waals surface area contributed by atoms with E-state index in [1.807, 2.05) is 18.2 Å². The number of carboxylic acid groups (broad SMARTS) is 1. The topological polar surface area (TPSA) is 83.5 Å². The summed E-state index contributed by atoms with van der Waals surface area (Å²) in [5, 5.41) is 12.0. The number of hydrogen-bond acceptors (Lipinski definition) is 3. The molecule has 1 aliphatic rings. The first-order valence-electron chi connectivity index (χ1n) is 10.7. The van der Waals surface area contributed by atoms with Gasteiger partial charge in [0.25, 0.3) is 0 Å². The average molecular weight is 408 g/mol. The summed E-state index contributed by atoms with van der Waals surface area (Å²) in [4.78, 5) is 35.8. The lowest BCUT2D eigenvalue weighted by molar-refractivity contribution is -0.141. The van der Waals surface area contributed by atoms with E-state index in [-0.39, 0.29) is 18.1 Å². The van der Waals surface area contributed by atoms with Crippen LogP contribution >= 0.6 is 0 Å². The number of carbonyl (C=O) groups is 3. The average Bonchev–Trinajstić information content (AvgIpc) is 2.75. The van der Waals surface area contributed by atoms with Crippen molar-refractivity contribution in [2.24, 2.45) is 5.92 Å². The highest BCUT2D eigenvalue weighted by molar-refractivity contribution is 5.91. The maximum atomic E-state index is 12.6. The lowest BCUT2D eigenvalue weighted by atomic mass is 9.91. The zero-order chi connectivity index (χ0) is 21.3. The minimum absolute atomic E-state index is 0.0576. The van der Waals surface area contributed by atoms with Crippen molar-refractivity contribution in [3.8, 4) is 11.1 Å². The van der Waals surface area contributed by atoms with Crippen LogP contribution < -0.4 is 5.32 Å². The lowest BCUT2D eigenvalue weighted by Crippen LogP contribution is -2.45. The van der Waals surface area contributed by atoms with Crippen molar-refractivity contribution in [3.05, 3.63) is 60.2 Å². The summed E-state index contributed by atoms with van der Waals surface area (Å²) in [6, 6.07) is 18.0. The third kappa shape index (κ3) is 6.28. The van der Waals surface area contributed by atoms with Crippen LogP contribution in [0.25, 0.3) is 11.1 Å². The Kier molecular flexibility index (Phi) is 7.77. The highest BCUT2D eigenvalue weighted by atomic mass is 16.4. The zero-order valence-electron chi connectivity index (χ0n) is 17.2. The third-order valence-electron chi connectivity index (χ3n) is 5.74. The van der Waals surface area contributed by atoms with E-state index in [9.17, 15) is 19.5 Å². The van der Waals surface area contributed by atoms with Gasteiger partial charge in [0.1, 0.15) is 0 Å². The molecule has 2 atom stereocenters. The molecule has 0 unspecified atom stereocenters. The molecule has 2 N–H and O–H groups in total. The van der Waals surface area contributed by atoms with E-state index < -0.39 is 17.9 Å². The molecule has 0 aliphatic heterocycles. The SMILES string of the molecule is O=C(O)C[C@@H](CCCc1ccc(-c2ccccc2)cc1)C(=O)N[C@H]1CCCCC1=O. The quantitative estimate of drug-likeness (QED) is 0.646. The number of amides is 1. The van der Waals surface area contributed by atoms with Crippen molar-refractivity contribution in [2.75, 3.05) is 0 Å². The second-order valence-corrected chi connectivity index (χ2v) is 8.02. The standard InChI is InChI=1S/C25H29NO4/c27-23-12-5-4-11-22(23)26-25(30)21(17-24(28)29)10-6-7-18-13-15-20(16-14-18)19-8-2-1-3-9-19/h1-3,8-9,13-16,21-22H,4-7,10-12,17H2,(H,26,30)(H,28,29)/t21-,22+/m1/s1. The zero-order valence-corrected chi connectivity index (χ0v) is 17.2. The van der Waals surface area contributed by atoms with E-state index in [0.717, 1.165) is 30.4 Å². The van der Waals surface area contributed by atoms with Crippen LogP contribution in [0.2, 0.25) is 0 Å². The van der Waals surface area contributed by atoms with Gasteiger partial charge in [0.2, 0.25) is 5.91 Å². The first-order chi connectivity index (χ1) is 14.5. The fraction of sp³-hybridized carbons (Fsp3) is 0.400. The van der Waals surface area contributed by atoms with Gasteiger partial charge in [-0.2, -0.15) is 0 Å². The number of nitrogens with one attached hydrogen (secondary N) is 1. The Morgan fingerprint density at radius 2 is 1.70 bits per heavy atom. The normalized spacial score (nSPS) is 17.3. The highest BCUT2D eigenvalue weighted by Crippen LogP contribution is 2.21. The van der Waals surface area contributed by atoms with Gasteiger partial charge < -0.3 is 10.4 Å². The maximum Gasteiger partial charge on any atom is 0.304 e. The van der Waals surface area contributed by atoms with Gasteiger partial charge in [-0.15, -0.1) is 0 Å². The number of rotatable bonds is 9. The van der Waals surface area contributed by atoms with Gasteiger partial charge in [-0.3, -0.25) is 14.4 Å². The highest BCUT2D eigenvalue weighted by Gasteiger charge is 2.28. The number of benzene rings is 2. The molecule has 5 heteroatoms. The fourth-order valence-electron chi connectivity index (χ4n) is 4.01. The Bertz CT molecular complexity index is 860. The molecule has 0 heterocycles. The molecule has 1 aliphatic carbocycles. The van der Waals surface area contributed by atoms with E-state index in [1.165, 1.54) is 5.56 Å². The smallest absolute Gasteiger partial charge is 0.304 e. The molecule has 1 saturated carbocycles. The molecule has 5 nitrogen and oxygen atoms in total. The minimum Gasteiger partial charge on any atom is -0.481 e. The maximum absolute atomic E-state index is 12.6. The predicted molar refractivity (Wildman–Crippen MR) is 116 cm³/mol. The number of aliphatic carboxylic acids is 1. The first-order valence-corrected chi connectivity index (χ1v) is 10.7. The van der Waals surface area contributed by atoms with Crippen LogP contribution in [0.1, 0.15) is 50.5 Å². The molecule has 2 aromatic carbocycles. The van der Waals surface area contributed by atoms with E-state index in [4.69, 9.17) is 0 Å². The number of aryl methyl sites for hydroxylation is 1. The summed E-state index contributed by atoms with van der Waals surface area (Å²) in [6.07, 6.45) is 4.70. The molecule has 1 fully saturated rings. The Morgan fingerprint density at radius 1 is 1.00 bits per heavy atom. The van der Waals surface area contributed by atoms with E-state index in [2.05, 4.69) is 41.7 Å². The van der Waals surface area contributed by atoms with Crippen LogP contribution in [0, 0.1) is 5.92 Å². The van der Waals surface area contributed by atoms with Gasteiger partial charge in [-0.1, -0.05) is 61.0 Å². The Hall–Kier alpha value is -2.95. The first kappa shape index (κ1) is 21.8. The van der Waals surface area contributed by atoms with E-state index >= 15 is 0 Å². The van der Waals surface area contributed by atoms with Crippen molar-refractivity contribution in [3.63, 3.8) is 0 Å². The fourth-order valence-corrected chi connectivity index (χ4v) is 4.01. The number of ketones is 1. The number of Topliss-reactive ketones (excluding diaryl/α,β-unsaturated/α-hetero) is 1. The predicted octanol–water partition coefficient (Wildman–Crippen LogP) is 4.40. The van der Waals surface area contributed by atoms with Crippen molar-refractivity contribution >= 4 is 17.7 Å². The number of carboxylic acids is 1. The Balaban J connectivity index is 1.53. The second-order valence-electron chi connectivity index (χ2n) is 8.02. The monoisotopic (exact) mass is 407 g/mol. The Morgan fingerprint density at radius 3 is 2.37 bits per heavy atom. The molecule has 1 amide bonds. The Labute approximate surface area is 177 Å². The van der Waals surface area contributed by atoms with Crippen LogP contribution in [0.15, 0.2) is 54.6 Å². The van der Waals surface area contributed by atoms with E-state index in [0.29, 0.717) is 25.7 Å². The van der Waals surface area contributed by atoms with Gasteiger partial charge in [-0.05, 0) is 48.8 Å². The van der Waals surface area contributed by atoms with Crippen LogP contribution in [0.5, 0.6) is 0 Å². The van der Waals surface area contributed by atoms with Gasteiger partial charge in [0.15, 0.2) is 5.78 Å². The molecule has 0 bridgehead atoms. The number of hydrogen-bond donors (Lipinski definition) is 2. The molecule has 0 aromatic heterocycles. The summed E-state index contributed by atoms with van der Waals surface area (Å²) < 4.78 is 0. The van der Waals surface area contributed by atoms with Crippen LogP contribution in [-0.4, -0.2) is 28.8 Å². The van der Waals surface area contributed by atoms with Crippen molar-refractivity contribution in [1.29, 1.82) is 0 Å². The van der Waals surface area contributed by atoms with Gasteiger partial charge in [0, 0.05) is 12.3 Å². The van der Waals surface area contributed by atoms with E-state index in [1.54, 1.807) is 0 Å². The number of carbonyl (C=O) groups excluding carboxylic acids is 2. The minimum atomic E-state index is -0.989. The molecule has 0 radical (unpaired) electrons. The molecular formula is C25H29NO4. The van der Waals surface area contributed by atoms with Crippen molar-refractivity contribution in [1.82, 2.24) is 5.32 Å². The summed E-state index contributed by atoms with van der Waals surface area (Å²) in [5.41, 5.74) is 3.48. The summed E-state index contributed by atoms with van der Waals surface area (Å²) in [6.45, 7) is 0. The van der Waals surface area contributed by atoms with Gasteiger partial charge in [0.05, 0.1) is 12.5 Å². The molecule has 2 aromatic rings. The summed E-state index contributed by atoms with van der Waals surface area (Å²) >= 11 is 0. The summed E-state index contributed by atoms with van der Waals surface area (Å²) in [7, 11) is 0. The molecule has 30 heavy (non-hydrogen) atoms. The molecule has 158 valence electrons. The molecule has 0 spiro atoms. The molecule has 3 rings (SSSR count). The van der Waals surface area contributed by atoms with Crippen LogP contribution in [0.4, 0.5) is 0 Å². The van der Waals surface area contributed by atoms with Gasteiger partial charge >= 0.3 is 5.97 Å². The molecular weight excluding hydrogens is 378 g/mol.